The zero-order valence-corrected chi connectivity index (χ0v) is 26.3. The molecule has 0 bridgehead atoms. The maximum atomic E-state index is 6.51. The van der Waals surface area contributed by atoms with Crippen molar-refractivity contribution in [3.8, 4) is 0 Å². The molecule has 9 rings (SSSR count). The highest BCUT2D eigenvalue weighted by Crippen LogP contribution is 2.44. The van der Waals surface area contributed by atoms with Gasteiger partial charge in [0.25, 0.3) is 0 Å². The monoisotopic (exact) mass is 601 g/mol. The van der Waals surface area contributed by atoms with Crippen molar-refractivity contribution in [2.75, 3.05) is 4.90 Å². The van der Waals surface area contributed by atoms with E-state index >= 15 is 0 Å². The van der Waals surface area contributed by atoms with E-state index in [1.807, 2.05) is 0 Å². The zero-order chi connectivity index (χ0) is 30.9. The molecule has 5 heteroatoms. The molecule has 5 aromatic carbocycles. The summed E-state index contributed by atoms with van der Waals surface area (Å²) in [6.07, 6.45) is 1.91. The Morgan fingerprint density at radius 2 is 1.04 bits per heavy atom. The fraction of sp³-hybridized carbons (Fsp3) is 0.220. The number of aliphatic imine (C=N–C) groups is 2. The summed E-state index contributed by atoms with van der Waals surface area (Å²) in [7, 11) is 0. The summed E-state index contributed by atoms with van der Waals surface area (Å²) >= 11 is 0. The maximum Gasteiger partial charge on any atom is 0.217 e. The van der Waals surface area contributed by atoms with Crippen LogP contribution in [-0.4, -0.2) is 24.0 Å². The normalized spacial score (nSPS) is 21.8. The second-order valence-electron chi connectivity index (χ2n) is 13.1. The number of rotatable bonds is 5. The highest BCUT2D eigenvalue weighted by Gasteiger charge is 2.40. The molecule has 5 aromatic rings. The summed E-state index contributed by atoms with van der Waals surface area (Å²) in [5.41, 5.74) is 14.2. The number of ether oxygens (including phenoxy) is 2. The molecule has 0 amide bonds. The number of nitrogens with zero attached hydrogens (tertiary/aromatic N) is 3. The molecule has 2 aliphatic carbocycles. The third-order valence-electron chi connectivity index (χ3n) is 9.89. The molecular weight excluding hydrogens is 566 g/mol. The molecule has 0 radical (unpaired) electrons. The van der Waals surface area contributed by atoms with E-state index in [1.54, 1.807) is 0 Å². The maximum absolute atomic E-state index is 6.51. The molecule has 0 N–H and O–H groups in total. The van der Waals surface area contributed by atoms with Crippen molar-refractivity contribution in [3.63, 3.8) is 0 Å². The van der Waals surface area contributed by atoms with E-state index in [1.165, 1.54) is 44.6 Å². The van der Waals surface area contributed by atoms with Gasteiger partial charge in [-0.1, -0.05) is 78.4 Å². The van der Waals surface area contributed by atoms with Crippen LogP contribution >= 0.6 is 0 Å². The average molecular weight is 602 g/mol. The van der Waals surface area contributed by atoms with Gasteiger partial charge in [0, 0.05) is 35.3 Å². The highest BCUT2D eigenvalue weighted by molar-refractivity contribution is 5.99. The van der Waals surface area contributed by atoms with Crippen molar-refractivity contribution in [1.29, 1.82) is 0 Å². The Kier molecular flexibility index (Phi) is 6.17. The largest absolute Gasteiger partial charge is 0.471 e. The van der Waals surface area contributed by atoms with E-state index in [2.05, 4.69) is 135 Å². The lowest BCUT2D eigenvalue weighted by atomic mass is 10.0. The van der Waals surface area contributed by atoms with Gasteiger partial charge in [-0.05, 0) is 90.6 Å². The lowest BCUT2D eigenvalue weighted by Crippen LogP contribution is -2.16. The first-order chi connectivity index (χ1) is 22.5. The van der Waals surface area contributed by atoms with Crippen molar-refractivity contribution in [1.82, 2.24) is 0 Å². The van der Waals surface area contributed by atoms with Crippen LogP contribution in [0.2, 0.25) is 0 Å². The predicted octanol–water partition coefficient (Wildman–Crippen LogP) is 8.97. The van der Waals surface area contributed by atoms with Gasteiger partial charge in [-0.3, -0.25) is 0 Å². The predicted molar refractivity (Wildman–Crippen MR) is 184 cm³/mol. The lowest BCUT2D eigenvalue weighted by molar-refractivity contribution is 0.206. The fourth-order valence-corrected chi connectivity index (χ4v) is 7.97. The van der Waals surface area contributed by atoms with Crippen molar-refractivity contribution >= 4 is 28.9 Å². The van der Waals surface area contributed by atoms with Crippen molar-refractivity contribution < 1.29 is 9.47 Å². The summed E-state index contributed by atoms with van der Waals surface area (Å²) in [4.78, 5) is 12.6. The Labute approximate surface area is 269 Å². The second kappa shape index (κ2) is 10.4. The van der Waals surface area contributed by atoms with Gasteiger partial charge in [-0.25, -0.2) is 9.98 Å². The zero-order valence-electron chi connectivity index (χ0n) is 26.3. The number of benzene rings is 5. The van der Waals surface area contributed by atoms with Gasteiger partial charge in [0.15, 0.2) is 0 Å². The summed E-state index contributed by atoms with van der Waals surface area (Å²) < 4.78 is 13.0. The first-order valence-corrected chi connectivity index (χ1v) is 16.2. The highest BCUT2D eigenvalue weighted by atomic mass is 16.5. The van der Waals surface area contributed by atoms with Crippen LogP contribution in [0.4, 0.5) is 17.1 Å². The Morgan fingerprint density at radius 3 is 1.54 bits per heavy atom. The lowest BCUT2D eigenvalue weighted by Gasteiger charge is -2.29. The van der Waals surface area contributed by atoms with Crippen LogP contribution in [-0.2, 0) is 22.3 Å². The smallest absolute Gasteiger partial charge is 0.217 e. The molecule has 2 heterocycles. The first kappa shape index (κ1) is 27.2. The molecule has 5 nitrogen and oxygen atoms in total. The first-order valence-electron chi connectivity index (χ1n) is 16.2. The van der Waals surface area contributed by atoms with Gasteiger partial charge >= 0.3 is 0 Å². The Morgan fingerprint density at radius 1 is 0.565 bits per heavy atom. The van der Waals surface area contributed by atoms with Gasteiger partial charge in [-0.2, -0.15) is 0 Å². The molecule has 226 valence electrons. The summed E-state index contributed by atoms with van der Waals surface area (Å²) in [6.45, 7) is 6.55. The molecule has 0 aromatic heterocycles. The van der Waals surface area contributed by atoms with Gasteiger partial charge in [0.05, 0.1) is 5.69 Å². The van der Waals surface area contributed by atoms with E-state index in [4.69, 9.17) is 19.5 Å². The van der Waals surface area contributed by atoms with Gasteiger partial charge in [-0.15, -0.1) is 0 Å². The van der Waals surface area contributed by atoms with Crippen LogP contribution in [0.5, 0.6) is 0 Å². The summed E-state index contributed by atoms with van der Waals surface area (Å²) in [6, 6.07) is 39.0. The molecule has 1 unspecified atom stereocenters. The minimum atomic E-state index is 0.0582. The second-order valence-corrected chi connectivity index (χ2v) is 13.1. The molecule has 4 atom stereocenters. The quantitative estimate of drug-likeness (QED) is 0.202. The van der Waals surface area contributed by atoms with Gasteiger partial charge in [0.1, 0.15) is 24.3 Å². The Bertz CT molecular complexity index is 1950. The summed E-state index contributed by atoms with van der Waals surface area (Å²) in [5.74, 6) is 1.44. The standard InChI is InChI=1S/C41H35N3O2/c1-24-18-25(2)39(26(3)19-24)44(31-14-8-12-29(20-31)40-42-37-33-16-6-4-10-27(33)22-35(37)45-40)32-15-9-13-30(21-32)41-43-38-34-17-7-5-11-28(34)23-36(38)46-41/h4-21,35-38H,22-23H2,1-3H3/t35-,36?,37+,38+/m1/s1. The number of hydrogen-bond donors (Lipinski definition) is 0. The van der Waals surface area contributed by atoms with Crippen molar-refractivity contribution in [3.05, 3.63) is 159 Å². The molecule has 4 aliphatic rings. The number of aryl methyl sites for hydroxylation is 3. The van der Waals surface area contributed by atoms with Crippen molar-refractivity contribution in [2.45, 2.75) is 57.9 Å². The topological polar surface area (TPSA) is 46.4 Å². The van der Waals surface area contributed by atoms with Crippen LogP contribution in [0.25, 0.3) is 0 Å². The minimum Gasteiger partial charge on any atom is -0.471 e. The van der Waals surface area contributed by atoms with E-state index in [9.17, 15) is 0 Å². The molecule has 0 saturated heterocycles. The molecule has 0 saturated carbocycles. The minimum absolute atomic E-state index is 0.0582. The third-order valence-corrected chi connectivity index (χ3v) is 9.89. The molecule has 2 aliphatic heterocycles. The molecule has 46 heavy (non-hydrogen) atoms. The van der Waals surface area contributed by atoms with E-state index in [-0.39, 0.29) is 24.3 Å². The van der Waals surface area contributed by atoms with Crippen LogP contribution in [0.3, 0.4) is 0 Å². The third kappa shape index (κ3) is 4.37. The molecule has 0 spiro atoms. The SMILES string of the molecule is Cc1cc(C)c(N(c2cccc(C3=N[C@H]4c5ccccc5CC4O3)c2)c2cccc(C3=N[C@H]4c5ccccc5C[C@H]4O3)c2)c(C)c1. The van der Waals surface area contributed by atoms with Crippen LogP contribution in [0.1, 0.15) is 62.2 Å². The average Bonchev–Trinajstić information content (AvgIpc) is 3.82. The number of hydrogen-bond acceptors (Lipinski definition) is 5. The number of anilines is 3. The Hall–Kier alpha value is -5.16. The molecular formula is C41H35N3O2. The van der Waals surface area contributed by atoms with Gasteiger partial charge < -0.3 is 14.4 Å². The van der Waals surface area contributed by atoms with Gasteiger partial charge in [0.2, 0.25) is 11.8 Å². The van der Waals surface area contributed by atoms with E-state index < -0.39 is 0 Å². The summed E-state index contributed by atoms with van der Waals surface area (Å²) in [5, 5.41) is 0. The van der Waals surface area contributed by atoms with Crippen LogP contribution < -0.4 is 4.90 Å². The molecule has 0 fully saturated rings. The van der Waals surface area contributed by atoms with Crippen LogP contribution in [0, 0.1) is 20.8 Å². The Balaban J connectivity index is 1.12. The van der Waals surface area contributed by atoms with E-state index in [0.29, 0.717) is 0 Å². The van der Waals surface area contributed by atoms with E-state index in [0.717, 1.165) is 47.1 Å². The van der Waals surface area contributed by atoms with Crippen LogP contribution in [0.15, 0.2) is 119 Å². The van der Waals surface area contributed by atoms with Crippen molar-refractivity contribution in [2.24, 2.45) is 9.98 Å². The fourth-order valence-electron chi connectivity index (χ4n) is 7.97. The number of fused-ring (bicyclic) bond motifs is 6.